The first kappa shape index (κ1) is 28.0. The number of hydrogen-bond donors (Lipinski definition) is 0. The molecule has 0 bridgehead atoms. The fourth-order valence-corrected chi connectivity index (χ4v) is 4.00. The summed E-state index contributed by atoms with van der Waals surface area (Å²) in [5.74, 6) is -3.10. The molecule has 0 spiro atoms. The van der Waals surface area contributed by atoms with E-state index in [1.165, 1.54) is 30.3 Å². The smallest absolute Gasteiger partial charge is 0.449 e. The average molecular weight is 557 g/mol. The van der Waals surface area contributed by atoms with Crippen LogP contribution in [0.5, 0.6) is 17.2 Å². The topological polar surface area (TPSA) is 65.7 Å². The highest BCUT2D eigenvalue weighted by atomic mass is 35.5. The first-order valence-electron chi connectivity index (χ1n) is 12.0. The Morgan fingerprint density at radius 1 is 0.974 bits per heavy atom. The lowest BCUT2D eigenvalue weighted by Gasteiger charge is -2.14. The van der Waals surface area contributed by atoms with E-state index >= 15 is 0 Å². The van der Waals surface area contributed by atoms with Crippen molar-refractivity contribution in [3.8, 4) is 17.2 Å². The zero-order chi connectivity index (χ0) is 28.5. The number of carbonyl (C=O) groups is 1. The van der Waals surface area contributed by atoms with Crippen molar-refractivity contribution in [2.45, 2.75) is 39.8 Å². The minimum absolute atomic E-state index is 0.00253. The number of esters is 1. The summed E-state index contributed by atoms with van der Waals surface area (Å²) in [6.45, 7) is 7.47. The zero-order valence-electron chi connectivity index (χ0n) is 21.5. The lowest BCUT2D eigenvalue weighted by Crippen LogP contribution is -2.15. The molecule has 4 rings (SSSR count). The Balaban J connectivity index is 1.64. The Hall–Kier alpha value is -4.04. The van der Waals surface area contributed by atoms with E-state index in [-0.39, 0.29) is 16.9 Å². The first-order chi connectivity index (χ1) is 18.3. The molecule has 4 aromatic rings. The van der Waals surface area contributed by atoms with Gasteiger partial charge in [-0.15, -0.1) is 0 Å². The Morgan fingerprint density at radius 3 is 2.21 bits per heavy atom. The van der Waals surface area contributed by atoms with E-state index in [4.69, 9.17) is 25.5 Å². The SMILES string of the molecule is Cc1cc(Oc2c(C(F)(F)F)oc3cc(OC(=O)C=Cc4ccc(C(C)C)cc4)ccc3c2=O)cc(C)c1Cl. The highest BCUT2D eigenvalue weighted by Crippen LogP contribution is 2.39. The largest absolute Gasteiger partial charge is 0.453 e. The highest BCUT2D eigenvalue weighted by molar-refractivity contribution is 6.32. The van der Waals surface area contributed by atoms with Crippen LogP contribution in [0.3, 0.4) is 0 Å². The average Bonchev–Trinajstić information content (AvgIpc) is 2.87. The molecule has 0 aliphatic rings. The molecule has 0 aliphatic heterocycles. The van der Waals surface area contributed by atoms with Crippen LogP contribution in [0, 0.1) is 13.8 Å². The van der Waals surface area contributed by atoms with Crippen LogP contribution < -0.4 is 14.9 Å². The normalized spacial score (nSPS) is 11.9. The van der Waals surface area contributed by atoms with Gasteiger partial charge in [0.1, 0.15) is 17.1 Å². The third-order valence-corrected chi connectivity index (χ3v) is 6.54. The van der Waals surface area contributed by atoms with Gasteiger partial charge in [-0.05, 0) is 72.4 Å². The summed E-state index contributed by atoms with van der Waals surface area (Å²) in [5.41, 5.74) is 1.61. The van der Waals surface area contributed by atoms with Crippen molar-refractivity contribution in [1.29, 1.82) is 0 Å². The van der Waals surface area contributed by atoms with E-state index in [0.717, 1.165) is 17.2 Å². The Labute approximate surface area is 227 Å². The van der Waals surface area contributed by atoms with Crippen molar-refractivity contribution in [3.05, 3.63) is 104 Å². The summed E-state index contributed by atoms with van der Waals surface area (Å²) in [6.07, 6.45) is -2.29. The Bertz CT molecular complexity index is 1610. The van der Waals surface area contributed by atoms with Crippen LogP contribution in [0.2, 0.25) is 5.02 Å². The first-order valence-corrected chi connectivity index (χ1v) is 12.3. The van der Waals surface area contributed by atoms with E-state index in [0.29, 0.717) is 22.1 Å². The van der Waals surface area contributed by atoms with Gasteiger partial charge in [0, 0.05) is 17.2 Å². The van der Waals surface area contributed by atoms with Crippen LogP contribution >= 0.6 is 11.6 Å². The predicted molar refractivity (Wildman–Crippen MR) is 144 cm³/mol. The van der Waals surface area contributed by atoms with Crippen molar-refractivity contribution in [1.82, 2.24) is 0 Å². The number of rotatable bonds is 6. The van der Waals surface area contributed by atoms with E-state index in [1.807, 2.05) is 24.3 Å². The predicted octanol–water partition coefficient (Wildman–Crippen LogP) is 8.62. The fraction of sp³-hybridized carbons (Fsp3) is 0.200. The van der Waals surface area contributed by atoms with Crippen LogP contribution in [-0.4, -0.2) is 5.97 Å². The quantitative estimate of drug-likeness (QED) is 0.135. The number of alkyl halides is 3. The van der Waals surface area contributed by atoms with Gasteiger partial charge in [-0.3, -0.25) is 4.79 Å². The second-order valence-corrected chi connectivity index (χ2v) is 9.67. The molecule has 1 aromatic heterocycles. The van der Waals surface area contributed by atoms with Crippen molar-refractivity contribution >= 4 is 34.6 Å². The number of halogens is 4. The summed E-state index contributed by atoms with van der Waals surface area (Å²) in [6, 6.07) is 14.0. The third kappa shape index (κ3) is 6.34. The summed E-state index contributed by atoms with van der Waals surface area (Å²) in [5, 5.41) is 0.255. The summed E-state index contributed by atoms with van der Waals surface area (Å²) < 4.78 is 57.4. The minimum Gasteiger partial charge on any atom is -0.449 e. The second-order valence-electron chi connectivity index (χ2n) is 9.29. The third-order valence-electron chi connectivity index (χ3n) is 5.94. The van der Waals surface area contributed by atoms with Gasteiger partial charge < -0.3 is 13.9 Å². The van der Waals surface area contributed by atoms with Crippen molar-refractivity contribution in [2.24, 2.45) is 0 Å². The van der Waals surface area contributed by atoms with Crippen molar-refractivity contribution in [2.75, 3.05) is 0 Å². The number of benzene rings is 3. The number of aryl methyl sites for hydroxylation is 2. The maximum Gasteiger partial charge on any atom is 0.453 e. The molecule has 0 saturated heterocycles. The molecule has 0 saturated carbocycles. The summed E-state index contributed by atoms with van der Waals surface area (Å²) in [7, 11) is 0. The van der Waals surface area contributed by atoms with E-state index in [2.05, 4.69) is 13.8 Å². The molecule has 0 N–H and O–H groups in total. The monoisotopic (exact) mass is 556 g/mol. The molecule has 0 fully saturated rings. The van der Waals surface area contributed by atoms with Crippen LogP contribution in [0.4, 0.5) is 13.2 Å². The molecule has 202 valence electrons. The number of hydrogen-bond acceptors (Lipinski definition) is 5. The lowest BCUT2D eigenvalue weighted by atomic mass is 10.0. The van der Waals surface area contributed by atoms with E-state index in [1.54, 1.807) is 19.9 Å². The molecule has 0 aliphatic carbocycles. The van der Waals surface area contributed by atoms with Gasteiger partial charge in [0.25, 0.3) is 5.76 Å². The molecule has 0 radical (unpaired) electrons. The molecule has 1 heterocycles. The van der Waals surface area contributed by atoms with Crippen LogP contribution in [0.1, 0.15) is 47.8 Å². The lowest BCUT2D eigenvalue weighted by molar-refractivity contribution is -0.154. The summed E-state index contributed by atoms with van der Waals surface area (Å²) in [4.78, 5) is 25.4. The van der Waals surface area contributed by atoms with Gasteiger partial charge in [-0.2, -0.15) is 13.2 Å². The van der Waals surface area contributed by atoms with Gasteiger partial charge >= 0.3 is 12.1 Å². The molecule has 0 unspecified atom stereocenters. The van der Waals surface area contributed by atoms with Crippen molar-refractivity contribution in [3.63, 3.8) is 0 Å². The van der Waals surface area contributed by atoms with Gasteiger partial charge in [0.05, 0.1) is 5.39 Å². The van der Waals surface area contributed by atoms with E-state index in [9.17, 15) is 22.8 Å². The molecule has 39 heavy (non-hydrogen) atoms. The van der Waals surface area contributed by atoms with Crippen LogP contribution in [0.25, 0.3) is 17.0 Å². The van der Waals surface area contributed by atoms with Gasteiger partial charge in [-0.25, -0.2) is 4.79 Å². The minimum atomic E-state index is -5.04. The zero-order valence-corrected chi connectivity index (χ0v) is 22.2. The molecular weight excluding hydrogens is 533 g/mol. The van der Waals surface area contributed by atoms with Crippen LogP contribution in [0.15, 0.2) is 69.9 Å². The van der Waals surface area contributed by atoms with Gasteiger partial charge in [0.15, 0.2) is 0 Å². The fourth-order valence-electron chi connectivity index (χ4n) is 3.89. The molecular formula is C30H24ClF3O5. The standard InChI is InChI=1S/C30H24ClF3O5/c1-16(2)20-8-5-19(6-9-20)7-12-25(35)37-21-10-11-23-24(15-21)39-29(30(32,33)34)28(27(23)36)38-22-13-17(3)26(31)18(4)14-22/h5-16H,1-4H3. The second kappa shape index (κ2) is 11.0. The van der Waals surface area contributed by atoms with Crippen LogP contribution in [-0.2, 0) is 11.0 Å². The van der Waals surface area contributed by atoms with E-state index < -0.39 is 34.7 Å². The van der Waals surface area contributed by atoms with Gasteiger partial charge in [-0.1, -0.05) is 49.7 Å². The molecule has 9 heteroatoms. The number of ether oxygens (including phenoxy) is 2. The van der Waals surface area contributed by atoms with Crippen molar-refractivity contribution < 1.29 is 31.9 Å². The number of carbonyl (C=O) groups excluding carboxylic acids is 1. The Morgan fingerprint density at radius 2 is 1.62 bits per heavy atom. The summed E-state index contributed by atoms with van der Waals surface area (Å²) >= 11 is 6.13. The maximum atomic E-state index is 13.9. The van der Waals surface area contributed by atoms with Gasteiger partial charge in [0.2, 0.25) is 11.2 Å². The molecule has 0 amide bonds. The maximum absolute atomic E-state index is 13.9. The molecule has 0 atom stereocenters. The Kier molecular flexibility index (Phi) is 7.88. The molecule has 3 aromatic carbocycles. The highest BCUT2D eigenvalue weighted by Gasteiger charge is 2.40. The molecule has 5 nitrogen and oxygen atoms in total. The number of fused-ring (bicyclic) bond motifs is 1.